The SMILES string of the molecule is CC(C)(C)CC1C(C#N)CC(C(=O)OC(C)(C)C)N1c1ccc(Cl)cc1F. The molecule has 1 saturated heterocycles. The Kier molecular flexibility index (Phi) is 6.11. The van der Waals surface area contributed by atoms with Crippen molar-refractivity contribution >= 4 is 23.3 Å². The number of rotatable bonds is 3. The molecule has 0 spiro atoms. The quantitative estimate of drug-likeness (QED) is 0.649. The smallest absolute Gasteiger partial charge is 0.329 e. The number of nitrogens with zero attached hydrogens (tertiary/aromatic N) is 2. The third-order valence-corrected chi connectivity index (χ3v) is 4.72. The molecular weight excluding hydrogens is 367 g/mol. The van der Waals surface area contributed by atoms with Crippen LogP contribution in [-0.4, -0.2) is 23.7 Å². The largest absolute Gasteiger partial charge is 0.458 e. The van der Waals surface area contributed by atoms with E-state index in [1.807, 2.05) is 0 Å². The molecule has 1 aliphatic rings. The molecule has 148 valence electrons. The second-order valence-electron chi connectivity index (χ2n) is 9.36. The first kappa shape index (κ1) is 21.5. The number of hydrogen-bond acceptors (Lipinski definition) is 4. The number of hydrogen-bond donors (Lipinski definition) is 0. The Bertz CT molecular complexity index is 746. The first-order valence-electron chi connectivity index (χ1n) is 9.18. The van der Waals surface area contributed by atoms with E-state index < -0.39 is 29.3 Å². The highest BCUT2D eigenvalue weighted by Crippen LogP contribution is 2.42. The molecule has 1 aromatic rings. The maximum atomic E-state index is 14.8. The molecule has 6 heteroatoms. The molecule has 0 saturated carbocycles. The summed E-state index contributed by atoms with van der Waals surface area (Å²) in [7, 11) is 0. The van der Waals surface area contributed by atoms with E-state index in [9.17, 15) is 14.4 Å². The first-order valence-corrected chi connectivity index (χ1v) is 9.56. The van der Waals surface area contributed by atoms with Crippen molar-refractivity contribution in [3.8, 4) is 6.07 Å². The number of ether oxygens (including phenoxy) is 1. The van der Waals surface area contributed by atoms with Crippen LogP contribution in [0.15, 0.2) is 18.2 Å². The number of nitriles is 1. The average Bonchev–Trinajstić information content (AvgIpc) is 2.82. The van der Waals surface area contributed by atoms with Crippen LogP contribution in [0.2, 0.25) is 5.02 Å². The van der Waals surface area contributed by atoms with Gasteiger partial charge >= 0.3 is 5.97 Å². The molecule has 1 aliphatic heterocycles. The summed E-state index contributed by atoms with van der Waals surface area (Å²) in [4.78, 5) is 14.6. The van der Waals surface area contributed by atoms with Crippen molar-refractivity contribution < 1.29 is 13.9 Å². The lowest BCUT2D eigenvalue weighted by molar-refractivity contribution is -0.156. The van der Waals surface area contributed by atoms with Crippen LogP contribution in [0.3, 0.4) is 0 Å². The molecule has 27 heavy (non-hydrogen) atoms. The topological polar surface area (TPSA) is 53.3 Å². The minimum Gasteiger partial charge on any atom is -0.458 e. The highest BCUT2D eigenvalue weighted by atomic mass is 35.5. The predicted molar refractivity (Wildman–Crippen MR) is 105 cm³/mol. The van der Waals surface area contributed by atoms with Gasteiger partial charge in [-0.15, -0.1) is 0 Å². The summed E-state index contributed by atoms with van der Waals surface area (Å²) in [6, 6.07) is 5.72. The fraction of sp³-hybridized carbons (Fsp3) is 0.619. The second kappa shape index (κ2) is 7.67. The van der Waals surface area contributed by atoms with Crippen LogP contribution in [-0.2, 0) is 9.53 Å². The van der Waals surface area contributed by atoms with E-state index in [1.54, 1.807) is 37.8 Å². The summed E-state index contributed by atoms with van der Waals surface area (Å²) >= 11 is 5.91. The van der Waals surface area contributed by atoms with E-state index in [2.05, 4.69) is 26.8 Å². The minimum absolute atomic E-state index is 0.0935. The summed E-state index contributed by atoms with van der Waals surface area (Å²) < 4.78 is 20.3. The van der Waals surface area contributed by atoms with E-state index in [0.717, 1.165) is 0 Å². The monoisotopic (exact) mass is 394 g/mol. The van der Waals surface area contributed by atoms with Crippen LogP contribution in [0.25, 0.3) is 0 Å². The lowest BCUT2D eigenvalue weighted by Crippen LogP contribution is -2.45. The van der Waals surface area contributed by atoms with E-state index in [4.69, 9.17) is 16.3 Å². The van der Waals surface area contributed by atoms with Crippen molar-refractivity contribution in [1.29, 1.82) is 5.26 Å². The van der Waals surface area contributed by atoms with Gasteiger partial charge in [-0.3, -0.25) is 0 Å². The molecule has 0 aliphatic carbocycles. The summed E-state index contributed by atoms with van der Waals surface area (Å²) in [5.41, 5.74) is -0.475. The van der Waals surface area contributed by atoms with E-state index >= 15 is 0 Å². The van der Waals surface area contributed by atoms with Crippen LogP contribution in [0.5, 0.6) is 0 Å². The van der Waals surface area contributed by atoms with Crippen LogP contribution < -0.4 is 4.90 Å². The maximum Gasteiger partial charge on any atom is 0.329 e. The average molecular weight is 395 g/mol. The summed E-state index contributed by atoms with van der Waals surface area (Å²) in [5, 5.41) is 9.99. The van der Waals surface area contributed by atoms with Gasteiger partial charge in [0.2, 0.25) is 0 Å². The summed E-state index contributed by atoms with van der Waals surface area (Å²) in [6.07, 6.45) is 0.959. The van der Waals surface area contributed by atoms with Crippen LogP contribution >= 0.6 is 11.6 Å². The number of carbonyl (C=O) groups excluding carboxylic acids is 1. The zero-order valence-corrected chi connectivity index (χ0v) is 17.6. The molecule has 0 N–H and O–H groups in total. The Morgan fingerprint density at radius 2 is 1.96 bits per heavy atom. The second-order valence-corrected chi connectivity index (χ2v) is 9.79. The number of anilines is 1. The van der Waals surface area contributed by atoms with Crippen molar-refractivity contribution in [2.45, 2.75) is 72.1 Å². The van der Waals surface area contributed by atoms with Gasteiger partial charge in [0.05, 0.1) is 17.7 Å². The highest BCUT2D eigenvalue weighted by Gasteiger charge is 2.48. The number of benzene rings is 1. The third kappa shape index (κ3) is 5.35. The van der Waals surface area contributed by atoms with Crippen molar-refractivity contribution in [2.75, 3.05) is 4.90 Å². The number of carbonyl (C=O) groups is 1. The number of halogens is 2. The van der Waals surface area contributed by atoms with Gasteiger partial charge in [-0.05, 0) is 57.2 Å². The van der Waals surface area contributed by atoms with Gasteiger partial charge in [0, 0.05) is 11.1 Å². The van der Waals surface area contributed by atoms with Crippen LogP contribution in [0.1, 0.15) is 54.4 Å². The molecule has 3 atom stereocenters. The Balaban J connectivity index is 2.51. The number of esters is 1. The first-order chi connectivity index (χ1) is 12.3. The minimum atomic E-state index is -0.711. The molecule has 4 nitrogen and oxygen atoms in total. The molecule has 1 aromatic carbocycles. The Morgan fingerprint density at radius 1 is 1.33 bits per heavy atom. The highest BCUT2D eigenvalue weighted by molar-refractivity contribution is 6.30. The van der Waals surface area contributed by atoms with Crippen molar-refractivity contribution in [2.24, 2.45) is 11.3 Å². The van der Waals surface area contributed by atoms with Gasteiger partial charge in [0.1, 0.15) is 17.5 Å². The molecule has 2 rings (SSSR count). The van der Waals surface area contributed by atoms with E-state index in [1.165, 1.54) is 6.07 Å². The Morgan fingerprint density at radius 3 is 2.44 bits per heavy atom. The molecule has 0 aromatic heterocycles. The van der Waals surface area contributed by atoms with E-state index in [-0.39, 0.29) is 22.2 Å². The zero-order chi connectivity index (χ0) is 20.6. The predicted octanol–water partition coefficient (Wildman–Crippen LogP) is 5.34. The molecule has 0 bridgehead atoms. The molecule has 1 heterocycles. The lowest BCUT2D eigenvalue weighted by atomic mass is 9.83. The molecular formula is C21H28ClFN2O2. The molecule has 3 unspecified atom stereocenters. The fourth-order valence-corrected chi connectivity index (χ4v) is 3.72. The molecule has 1 fully saturated rings. The zero-order valence-electron chi connectivity index (χ0n) is 16.8. The fourth-order valence-electron chi connectivity index (χ4n) is 3.56. The summed E-state index contributed by atoms with van der Waals surface area (Å²) in [5.74, 6) is -1.33. The molecule has 0 radical (unpaired) electrons. The standard InChI is InChI=1S/C21H28ClFN2O2/c1-20(2,3)11-18-13(12-24)9-17(19(26)27-21(4,5)6)25(18)16-8-7-14(22)10-15(16)23/h7-8,10,13,17-18H,9,11H2,1-6H3. The van der Waals surface area contributed by atoms with Gasteiger partial charge in [-0.1, -0.05) is 32.4 Å². The van der Waals surface area contributed by atoms with Gasteiger partial charge in [-0.25, -0.2) is 9.18 Å². The third-order valence-electron chi connectivity index (χ3n) is 4.49. The van der Waals surface area contributed by atoms with Crippen LogP contribution in [0.4, 0.5) is 10.1 Å². The Hall–Kier alpha value is -1.80. The molecule has 0 amide bonds. The van der Waals surface area contributed by atoms with Crippen LogP contribution in [0, 0.1) is 28.5 Å². The van der Waals surface area contributed by atoms with Gasteiger partial charge in [0.25, 0.3) is 0 Å². The summed E-state index contributed by atoms with van der Waals surface area (Å²) in [6.45, 7) is 11.6. The van der Waals surface area contributed by atoms with Gasteiger partial charge in [0.15, 0.2) is 0 Å². The van der Waals surface area contributed by atoms with E-state index in [0.29, 0.717) is 12.8 Å². The van der Waals surface area contributed by atoms with Crippen molar-refractivity contribution in [3.63, 3.8) is 0 Å². The lowest BCUT2D eigenvalue weighted by Gasteiger charge is -2.36. The Labute approximate surface area is 166 Å². The maximum absolute atomic E-state index is 14.8. The van der Waals surface area contributed by atoms with Crippen molar-refractivity contribution in [1.82, 2.24) is 0 Å². The van der Waals surface area contributed by atoms with Gasteiger partial charge < -0.3 is 9.64 Å². The normalized spacial score (nSPS) is 23.2. The van der Waals surface area contributed by atoms with Gasteiger partial charge in [-0.2, -0.15) is 5.26 Å². The van der Waals surface area contributed by atoms with Crippen molar-refractivity contribution in [3.05, 3.63) is 29.0 Å².